The van der Waals surface area contributed by atoms with Crippen LogP contribution in [-0.4, -0.2) is 70.5 Å². The van der Waals surface area contributed by atoms with Crippen molar-refractivity contribution in [2.75, 3.05) is 31.0 Å². The van der Waals surface area contributed by atoms with Crippen LogP contribution in [0.15, 0.2) is 109 Å². The molecule has 0 aliphatic carbocycles. The molecule has 4 aromatic carbocycles. The second-order valence-electron chi connectivity index (χ2n) is 12.4. The molecular weight excluding hydrogens is 676 g/mol. The molecule has 266 valence electrons. The molecule has 2 atom stereocenters. The van der Waals surface area contributed by atoms with Gasteiger partial charge in [0, 0.05) is 36.3 Å². The highest BCUT2D eigenvalue weighted by Crippen LogP contribution is 2.36. The summed E-state index contributed by atoms with van der Waals surface area (Å²) in [6.45, 7) is 0. The summed E-state index contributed by atoms with van der Waals surface area (Å²) >= 11 is 0. The molecule has 2 amide bonds. The number of H-pyrrole nitrogens is 2. The number of aromatic nitrogens is 4. The second-order valence-corrected chi connectivity index (χ2v) is 12.4. The summed E-state index contributed by atoms with van der Waals surface area (Å²) in [5, 5.41) is 29.3. The maximum atomic E-state index is 12.5. The Balaban J connectivity index is 0.000000164. The van der Waals surface area contributed by atoms with Crippen molar-refractivity contribution in [3.63, 3.8) is 0 Å². The van der Waals surface area contributed by atoms with Crippen molar-refractivity contribution in [2.24, 2.45) is 0 Å². The Morgan fingerprint density at radius 2 is 1.06 bits per heavy atom. The summed E-state index contributed by atoms with van der Waals surface area (Å²) in [7, 11) is 5.19. The van der Waals surface area contributed by atoms with Gasteiger partial charge in [-0.2, -0.15) is 10.2 Å². The number of anilines is 2. The summed E-state index contributed by atoms with van der Waals surface area (Å²) in [6, 6.07) is 28.5. The van der Waals surface area contributed by atoms with Crippen LogP contribution in [0.4, 0.5) is 11.4 Å². The second kappa shape index (κ2) is 14.2. The number of amides is 2. The molecule has 8 rings (SSSR count). The zero-order valence-corrected chi connectivity index (χ0v) is 28.8. The van der Waals surface area contributed by atoms with Crippen LogP contribution in [0.2, 0.25) is 0 Å². The Morgan fingerprint density at radius 1 is 0.642 bits per heavy atom. The van der Waals surface area contributed by atoms with Gasteiger partial charge in [-0.15, -0.1) is 0 Å². The Morgan fingerprint density at radius 3 is 1.47 bits per heavy atom. The van der Waals surface area contributed by atoms with Crippen LogP contribution in [0.5, 0.6) is 0 Å². The first-order valence-electron chi connectivity index (χ1n) is 16.5. The van der Waals surface area contributed by atoms with E-state index in [-0.39, 0.29) is 35.7 Å². The van der Waals surface area contributed by atoms with Gasteiger partial charge in [-0.25, -0.2) is 9.59 Å². The van der Waals surface area contributed by atoms with Crippen molar-refractivity contribution < 1.29 is 29.0 Å². The lowest BCUT2D eigenvalue weighted by Gasteiger charge is -2.36. The first-order valence-corrected chi connectivity index (χ1v) is 16.5. The van der Waals surface area contributed by atoms with Gasteiger partial charge in [0.15, 0.2) is 0 Å². The van der Waals surface area contributed by atoms with Gasteiger partial charge in [0.05, 0.1) is 64.5 Å². The smallest absolute Gasteiger partial charge is 0.337 e. The van der Waals surface area contributed by atoms with Crippen LogP contribution >= 0.6 is 0 Å². The Bertz CT molecular complexity index is 2330. The van der Waals surface area contributed by atoms with Crippen molar-refractivity contribution in [3.05, 3.63) is 143 Å². The highest BCUT2D eigenvalue weighted by Gasteiger charge is 2.33. The minimum absolute atomic E-state index is 0.123. The Hall–Kier alpha value is -7.22. The fraction of sp³-hybridized carbons (Fsp3) is 0.128. The van der Waals surface area contributed by atoms with E-state index in [1.54, 1.807) is 60.9 Å². The summed E-state index contributed by atoms with van der Waals surface area (Å²) in [5.74, 6) is -1.63. The third kappa shape index (κ3) is 6.44. The van der Waals surface area contributed by atoms with E-state index in [0.717, 1.165) is 45.0 Å². The average Bonchev–Trinajstić information content (AvgIpc) is 3.89. The van der Waals surface area contributed by atoms with Gasteiger partial charge in [0.25, 0.3) is 11.8 Å². The summed E-state index contributed by atoms with van der Waals surface area (Å²) in [5.41, 5.74) is 8.47. The first-order chi connectivity index (χ1) is 25.7. The summed E-state index contributed by atoms with van der Waals surface area (Å²) in [4.78, 5) is 51.6. The molecule has 14 nitrogen and oxygen atoms in total. The molecule has 0 saturated carbocycles. The number of carbonyl (C=O) groups is 4. The molecule has 5 N–H and O–H groups in total. The van der Waals surface area contributed by atoms with E-state index in [1.807, 2.05) is 72.4 Å². The van der Waals surface area contributed by atoms with Crippen molar-refractivity contribution >= 4 is 35.1 Å². The van der Waals surface area contributed by atoms with Gasteiger partial charge in [0.1, 0.15) is 12.3 Å². The molecule has 2 aliphatic rings. The molecule has 14 heteroatoms. The van der Waals surface area contributed by atoms with Crippen LogP contribution in [0.3, 0.4) is 0 Å². The number of carbonyl (C=O) groups excluding carboxylic acids is 3. The topological polar surface area (TPSA) is 186 Å². The SMILES string of the molecule is CN1c2ccccc2C(=O)NC1c1cn[nH]c1-c1ccc(C(=O)O)cc1.COC(=O)c1ccc(-c2[nH]ncc2C2NC(=O)c3ccccc3N2C)cc1. The minimum atomic E-state index is -0.975. The first kappa shape index (κ1) is 34.2. The standard InChI is InChI=1S/C20H18N4O3.C19H16N4O3/c1-24-16-6-4-3-5-14(16)19(25)22-18(24)15-11-21-23-17(15)12-7-9-13(10-8-12)20(26)27-2;1-23-15-5-3-2-4-13(15)18(24)21-17(23)14-10-20-22-16(14)11-6-8-12(9-7-11)19(25)26/h3-11,18H,1-2H3,(H,21,23)(H,22,25);2-10,17H,1H3,(H,20,22)(H,21,24)(H,25,26). The highest BCUT2D eigenvalue weighted by atomic mass is 16.5. The Kier molecular flexibility index (Phi) is 9.17. The molecule has 0 bridgehead atoms. The Labute approximate surface area is 303 Å². The number of esters is 1. The molecule has 2 aromatic heterocycles. The van der Waals surface area contributed by atoms with Crippen molar-refractivity contribution in [1.82, 2.24) is 31.0 Å². The number of benzene rings is 4. The van der Waals surface area contributed by atoms with E-state index in [9.17, 15) is 19.2 Å². The van der Waals surface area contributed by atoms with E-state index in [2.05, 4.69) is 31.0 Å². The molecule has 53 heavy (non-hydrogen) atoms. The number of rotatable bonds is 6. The van der Waals surface area contributed by atoms with Gasteiger partial charge < -0.3 is 30.3 Å². The normalized spacial score (nSPS) is 16.0. The predicted molar refractivity (Wildman–Crippen MR) is 196 cm³/mol. The van der Waals surface area contributed by atoms with Crippen LogP contribution in [-0.2, 0) is 4.74 Å². The predicted octanol–water partition coefficient (Wildman–Crippen LogP) is 5.40. The molecule has 0 radical (unpaired) electrons. The molecule has 6 aromatic rings. The van der Waals surface area contributed by atoms with Crippen molar-refractivity contribution in [2.45, 2.75) is 12.3 Å². The minimum Gasteiger partial charge on any atom is -0.478 e. The number of carboxylic acids is 1. The maximum absolute atomic E-state index is 12.5. The number of nitrogens with zero attached hydrogens (tertiary/aromatic N) is 4. The molecule has 4 heterocycles. The lowest BCUT2D eigenvalue weighted by molar-refractivity contribution is 0.0599. The number of hydrogen-bond donors (Lipinski definition) is 5. The fourth-order valence-corrected chi connectivity index (χ4v) is 6.53. The summed E-state index contributed by atoms with van der Waals surface area (Å²) < 4.78 is 4.73. The van der Waals surface area contributed by atoms with Crippen LogP contribution < -0.4 is 20.4 Å². The van der Waals surface area contributed by atoms with E-state index < -0.39 is 5.97 Å². The van der Waals surface area contributed by atoms with E-state index in [0.29, 0.717) is 16.7 Å². The number of nitrogens with one attached hydrogen (secondary N) is 4. The van der Waals surface area contributed by atoms with Crippen LogP contribution in [0.1, 0.15) is 64.9 Å². The monoisotopic (exact) mass is 710 g/mol. The van der Waals surface area contributed by atoms with Crippen molar-refractivity contribution in [1.29, 1.82) is 0 Å². The number of hydrogen-bond acceptors (Lipinski definition) is 9. The third-order valence-corrected chi connectivity index (χ3v) is 9.31. The fourth-order valence-electron chi connectivity index (χ4n) is 6.53. The molecule has 2 aliphatic heterocycles. The molecule has 0 spiro atoms. The molecule has 0 fully saturated rings. The third-order valence-electron chi connectivity index (χ3n) is 9.31. The number of methoxy groups -OCH3 is 1. The lowest BCUT2D eigenvalue weighted by Crippen LogP contribution is -2.44. The van der Waals surface area contributed by atoms with Crippen LogP contribution in [0, 0.1) is 0 Å². The molecule has 0 saturated heterocycles. The van der Waals surface area contributed by atoms with Gasteiger partial charge in [-0.1, -0.05) is 48.5 Å². The molecular formula is C39H34N8O6. The summed E-state index contributed by atoms with van der Waals surface area (Å²) in [6.07, 6.45) is 2.64. The molecule has 2 unspecified atom stereocenters. The van der Waals surface area contributed by atoms with E-state index >= 15 is 0 Å². The number of para-hydroxylation sites is 2. The zero-order chi connectivity index (χ0) is 37.2. The van der Waals surface area contributed by atoms with Gasteiger partial charge in [0.2, 0.25) is 0 Å². The number of ether oxygens (including phenoxy) is 1. The largest absolute Gasteiger partial charge is 0.478 e. The van der Waals surface area contributed by atoms with Crippen molar-refractivity contribution in [3.8, 4) is 22.5 Å². The highest BCUT2D eigenvalue weighted by molar-refractivity contribution is 6.03. The number of fused-ring (bicyclic) bond motifs is 2. The number of aromatic carboxylic acids is 1. The van der Waals surface area contributed by atoms with Gasteiger partial charge in [-0.05, 0) is 48.5 Å². The van der Waals surface area contributed by atoms with E-state index in [1.165, 1.54) is 7.11 Å². The van der Waals surface area contributed by atoms with Crippen LogP contribution in [0.25, 0.3) is 22.5 Å². The van der Waals surface area contributed by atoms with E-state index in [4.69, 9.17) is 9.84 Å². The quantitative estimate of drug-likeness (QED) is 0.140. The zero-order valence-electron chi connectivity index (χ0n) is 28.8. The number of aromatic amines is 2. The van der Waals surface area contributed by atoms with Gasteiger partial charge in [-0.3, -0.25) is 19.8 Å². The lowest BCUT2D eigenvalue weighted by atomic mass is 10.0. The van der Waals surface area contributed by atoms with Gasteiger partial charge >= 0.3 is 11.9 Å². The average molecular weight is 711 g/mol. The maximum Gasteiger partial charge on any atom is 0.337 e. The number of carboxylic acid groups (broad SMARTS) is 1.